The van der Waals surface area contributed by atoms with Crippen LogP contribution in [-0.4, -0.2) is 54.1 Å². The molecule has 0 spiro atoms. The van der Waals surface area contributed by atoms with E-state index in [0.717, 1.165) is 11.3 Å². The van der Waals surface area contributed by atoms with Gasteiger partial charge in [0.05, 0.1) is 10.7 Å². The minimum atomic E-state index is -3.72. The van der Waals surface area contributed by atoms with Crippen molar-refractivity contribution >= 4 is 39.0 Å². The molecule has 0 atom stereocenters. The quantitative estimate of drug-likeness (QED) is 0.607. The van der Waals surface area contributed by atoms with Gasteiger partial charge in [-0.1, -0.05) is 23.2 Å². The Morgan fingerprint density at radius 1 is 0.931 bits per heavy atom. The van der Waals surface area contributed by atoms with Crippen LogP contribution in [0.5, 0.6) is 0 Å². The summed E-state index contributed by atoms with van der Waals surface area (Å²) in [6.07, 6.45) is 3.43. The van der Waals surface area contributed by atoms with Crippen LogP contribution in [0.3, 0.4) is 0 Å². The summed E-state index contributed by atoms with van der Waals surface area (Å²) < 4.78 is 27.3. The standard InChI is InChI=1S/C19H17Cl2N5O2S/c20-15-3-4-16(21)18(12-15)29(27,28)26-10-8-25(9-11-26)19-6-5-17(23-24-19)14-2-1-7-22-13-14/h1-7,12-13H,8-11H2. The molecule has 2 aromatic heterocycles. The number of anilines is 1. The molecule has 0 unspecified atom stereocenters. The lowest BCUT2D eigenvalue weighted by Gasteiger charge is -2.34. The zero-order valence-electron chi connectivity index (χ0n) is 15.2. The number of rotatable bonds is 4. The first-order valence-electron chi connectivity index (χ1n) is 8.89. The van der Waals surface area contributed by atoms with Gasteiger partial charge in [0, 0.05) is 49.2 Å². The summed E-state index contributed by atoms with van der Waals surface area (Å²) in [4.78, 5) is 6.12. The third kappa shape index (κ3) is 4.20. The Morgan fingerprint density at radius 2 is 1.72 bits per heavy atom. The average Bonchev–Trinajstić information content (AvgIpc) is 2.76. The van der Waals surface area contributed by atoms with Gasteiger partial charge in [0.25, 0.3) is 0 Å². The number of aromatic nitrogens is 3. The van der Waals surface area contributed by atoms with Gasteiger partial charge in [-0.25, -0.2) is 8.42 Å². The summed E-state index contributed by atoms with van der Waals surface area (Å²) in [6, 6.07) is 12.0. The van der Waals surface area contributed by atoms with Crippen molar-refractivity contribution in [2.24, 2.45) is 0 Å². The molecule has 10 heteroatoms. The number of nitrogens with zero attached hydrogens (tertiary/aromatic N) is 5. The zero-order valence-corrected chi connectivity index (χ0v) is 17.6. The van der Waals surface area contributed by atoms with Crippen molar-refractivity contribution < 1.29 is 8.42 Å². The van der Waals surface area contributed by atoms with Crippen molar-refractivity contribution in [1.82, 2.24) is 19.5 Å². The lowest BCUT2D eigenvalue weighted by atomic mass is 10.2. The molecule has 3 heterocycles. The fraction of sp³-hybridized carbons (Fsp3) is 0.211. The molecule has 1 aliphatic heterocycles. The van der Waals surface area contributed by atoms with Crippen molar-refractivity contribution in [2.45, 2.75) is 4.90 Å². The predicted molar refractivity (Wildman–Crippen MR) is 113 cm³/mol. The maximum absolute atomic E-state index is 12.9. The van der Waals surface area contributed by atoms with Crippen LogP contribution in [0.4, 0.5) is 5.82 Å². The molecule has 0 saturated carbocycles. The second kappa shape index (κ2) is 8.23. The molecule has 150 valence electrons. The van der Waals surface area contributed by atoms with Gasteiger partial charge in [-0.05, 0) is 42.5 Å². The zero-order chi connectivity index (χ0) is 20.4. The van der Waals surface area contributed by atoms with Crippen molar-refractivity contribution in [3.05, 3.63) is 64.9 Å². The van der Waals surface area contributed by atoms with Gasteiger partial charge in [0.15, 0.2) is 5.82 Å². The van der Waals surface area contributed by atoms with E-state index in [1.54, 1.807) is 18.5 Å². The fourth-order valence-corrected chi connectivity index (χ4v) is 5.29. The lowest BCUT2D eigenvalue weighted by molar-refractivity contribution is 0.383. The topological polar surface area (TPSA) is 79.3 Å². The number of piperazine rings is 1. The molecular formula is C19H17Cl2N5O2S. The van der Waals surface area contributed by atoms with Gasteiger partial charge in [0.2, 0.25) is 10.0 Å². The Balaban J connectivity index is 1.46. The van der Waals surface area contributed by atoms with Crippen LogP contribution < -0.4 is 4.90 Å². The Morgan fingerprint density at radius 3 is 2.38 bits per heavy atom. The van der Waals surface area contributed by atoms with Crippen LogP contribution in [0.1, 0.15) is 0 Å². The highest BCUT2D eigenvalue weighted by molar-refractivity contribution is 7.89. The van der Waals surface area contributed by atoms with Gasteiger partial charge >= 0.3 is 0 Å². The number of hydrogen-bond donors (Lipinski definition) is 0. The smallest absolute Gasteiger partial charge is 0.244 e. The molecule has 3 aromatic rings. The summed E-state index contributed by atoms with van der Waals surface area (Å²) in [5.41, 5.74) is 1.62. The van der Waals surface area contributed by atoms with E-state index < -0.39 is 10.0 Å². The number of pyridine rings is 1. The molecule has 4 rings (SSSR count). The summed E-state index contributed by atoms with van der Waals surface area (Å²) in [5, 5.41) is 9.05. The molecule has 0 radical (unpaired) electrons. The normalized spacial score (nSPS) is 15.4. The second-order valence-electron chi connectivity index (χ2n) is 6.48. The monoisotopic (exact) mass is 449 g/mol. The van der Waals surface area contributed by atoms with E-state index in [4.69, 9.17) is 23.2 Å². The SMILES string of the molecule is O=S(=O)(c1cc(Cl)ccc1Cl)N1CCN(c2ccc(-c3cccnc3)nn2)CC1. The summed E-state index contributed by atoms with van der Waals surface area (Å²) in [5.74, 6) is 0.704. The van der Waals surface area contributed by atoms with Crippen LogP contribution >= 0.6 is 23.2 Å². The van der Waals surface area contributed by atoms with Crippen LogP contribution in [-0.2, 0) is 10.0 Å². The van der Waals surface area contributed by atoms with Crippen LogP contribution in [0.15, 0.2) is 59.8 Å². The van der Waals surface area contributed by atoms with Gasteiger partial charge in [-0.3, -0.25) is 4.98 Å². The number of hydrogen-bond acceptors (Lipinski definition) is 6. The molecular weight excluding hydrogens is 433 g/mol. The highest BCUT2D eigenvalue weighted by atomic mass is 35.5. The van der Waals surface area contributed by atoms with E-state index in [0.29, 0.717) is 37.0 Å². The van der Waals surface area contributed by atoms with Crippen molar-refractivity contribution in [3.63, 3.8) is 0 Å². The van der Waals surface area contributed by atoms with Crippen LogP contribution in [0, 0.1) is 0 Å². The Kier molecular flexibility index (Phi) is 5.69. The maximum atomic E-state index is 12.9. The molecule has 29 heavy (non-hydrogen) atoms. The highest BCUT2D eigenvalue weighted by Crippen LogP contribution is 2.28. The van der Waals surface area contributed by atoms with Crippen molar-refractivity contribution in [3.8, 4) is 11.3 Å². The Hall–Kier alpha value is -2.26. The average molecular weight is 450 g/mol. The maximum Gasteiger partial charge on any atom is 0.244 e. The first-order chi connectivity index (χ1) is 13.9. The molecule has 1 fully saturated rings. The Labute approximate surface area is 179 Å². The first kappa shape index (κ1) is 20.0. The first-order valence-corrected chi connectivity index (χ1v) is 11.1. The third-order valence-corrected chi connectivity index (χ3v) is 7.30. The molecule has 1 aromatic carbocycles. The van der Waals surface area contributed by atoms with Gasteiger partial charge < -0.3 is 4.90 Å². The number of sulfonamides is 1. The van der Waals surface area contributed by atoms with E-state index in [-0.39, 0.29) is 9.92 Å². The summed E-state index contributed by atoms with van der Waals surface area (Å²) >= 11 is 12.0. The van der Waals surface area contributed by atoms with Crippen molar-refractivity contribution in [1.29, 1.82) is 0 Å². The predicted octanol–water partition coefficient (Wildman–Crippen LogP) is 3.36. The fourth-order valence-electron chi connectivity index (χ4n) is 3.13. The molecule has 0 bridgehead atoms. The molecule has 1 aliphatic rings. The van der Waals surface area contributed by atoms with Crippen LogP contribution in [0.2, 0.25) is 10.0 Å². The third-order valence-electron chi connectivity index (χ3n) is 4.68. The second-order valence-corrected chi connectivity index (χ2v) is 9.23. The van der Waals surface area contributed by atoms with E-state index >= 15 is 0 Å². The molecule has 7 nitrogen and oxygen atoms in total. The highest BCUT2D eigenvalue weighted by Gasteiger charge is 2.30. The number of halogens is 2. The minimum Gasteiger partial charge on any atom is -0.352 e. The van der Waals surface area contributed by atoms with Crippen molar-refractivity contribution in [2.75, 3.05) is 31.1 Å². The largest absolute Gasteiger partial charge is 0.352 e. The molecule has 1 saturated heterocycles. The Bertz CT molecular complexity index is 1100. The van der Waals surface area contributed by atoms with Gasteiger partial charge in [-0.15, -0.1) is 10.2 Å². The van der Waals surface area contributed by atoms with E-state index in [9.17, 15) is 8.42 Å². The van der Waals surface area contributed by atoms with E-state index in [1.165, 1.54) is 16.4 Å². The molecule has 0 N–H and O–H groups in total. The molecule has 0 amide bonds. The van der Waals surface area contributed by atoms with E-state index in [1.807, 2.05) is 29.2 Å². The molecule has 0 aliphatic carbocycles. The van der Waals surface area contributed by atoms with Gasteiger partial charge in [0.1, 0.15) is 4.90 Å². The number of benzene rings is 1. The summed E-state index contributed by atoms with van der Waals surface area (Å²) in [7, 11) is -3.72. The van der Waals surface area contributed by atoms with Gasteiger partial charge in [-0.2, -0.15) is 4.31 Å². The lowest BCUT2D eigenvalue weighted by Crippen LogP contribution is -2.49. The minimum absolute atomic E-state index is 0.0285. The summed E-state index contributed by atoms with van der Waals surface area (Å²) in [6.45, 7) is 1.63. The van der Waals surface area contributed by atoms with E-state index in [2.05, 4.69) is 15.2 Å². The van der Waals surface area contributed by atoms with Crippen LogP contribution in [0.25, 0.3) is 11.3 Å².